The van der Waals surface area contributed by atoms with Gasteiger partial charge in [-0.2, -0.15) is 0 Å². The number of imidazole rings is 1. The van der Waals surface area contributed by atoms with Gasteiger partial charge in [0.05, 0.1) is 24.9 Å². The number of ether oxygens (including phenoxy) is 1. The van der Waals surface area contributed by atoms with E-state index in [1.54, 1.807) is 0 Å². The predicted molar refractivity (Wildman–Crippen MR) is 80.1 cm³/mol. The zero-order chi connectivity index (χ0) is 13.2. The van der Waals surface area contributed by atoms with Crippen LogP contribution >= 0.6 is 15.9 Å². The van der Waals surface area contributed by atoms with Crippen LogP contribution in [0.1, 0.15) is 19.0 Å². The Kier molecular flexibility index (Phi) is 3.75. The molecular formula is C14H18BrN3O. The standard InChI is InChI=1S/C14H18BrN3O/c1-2-11-10-19-8-7-17(11)14-12(9-15)18-6-4-3-5-13(18)16-14/h3-6,11H,2,7-10H2,1H3. The lowest BCUT2D eigenvalue weighted by molar-refractivity contribution is 0.0925. The highest BCUT2D eigenvalue weighted by Gasteiger charge is 2.26. The molecule has 5 heteroatoms. The largest absolute Gasteiger partial charge is 0.377 e. The molecule has 0 bridgehead atoms. The quantitative estimate of drug-likeness (QED) is 0.813. The van der Waals surface area contributed by atoms with E-state index in [0.29, 0.717) is 6.04 Å². The minimum atomic E-state index is 0.427. The van der Waals surface area contributed by atoms with Gasteiger partial charge in [-0.3, -0.25) is 0 Å². The molecule has 4 nitrogen and oxygen atoms in total. The smallest absolute Gasteiger partial charge is 0.152 e. The first-order chi connectivity index (χ1) is 9.35. The third-order valence-corrected chi connectivity index (χ3v) is 4.24. The molecule has 0 spiro atoms. The summed E-state index contributed by atoms with van der Waals surface area (Å²) >= 11 is 3.60. The maximum Gasteiger partial charge on any atom is 0.152 e. The van der Waals surface area contributed by atoms with Crippen LogP contribution in [0.3, 0.4) is 0 Å². The third kappa shape index (κ3) is 2.25. The van der Waals surface area contributed by atoms with E-state index in [1.807, 2.05) is 12.1 Å². The molecule has 19 heavy (non-hydrogen) atoms. The Morgan fingerprint density at radius 2 is 2.37 bits per heavy atom. The Bertz CT molecular complexity index is 569. The molecule has 102 valence electrons. The topological polar surface area (TPSA) is 29.8 Å². The zero-order valence-electron chi connectivity index (χ0n) is 11.1. The number of rotatable bonds is 3. The van der Waals surface area contributed by atoms with Crippen molar-refractivity contribution in [2.75, 3.05) is 24.7 Å². The normalized spacial score (nSPS) is 20.1. The third-order valence-electron chi connectivity index (χ3n) is 3.71. The Morgan fingerprint density at radius 1 is 1.47 bits per heavy atom. The molecule has 0 aliphatic carbocycles. The number of nitrogens with zero attached hydrogens (tertiary/aromatic N) is 3. The second-order valence-electron chi connectivity index (χ2n) is 4.77. The van der Waals surface area contributed by atoms with Gasteiger partial charge in [0, 0.05) is 18.1 Å². The maximum absolute atomic E-state index is 5.58. The van der Waals surface area contributed by atoms with Crippen molar-refractivity contribution in [1.29, 1.82) is 0 Å². The second-order valence-corrected chi connectivity index (χ2v) is 5.34. The van der Waals surface area contributed by atoms with Crippen LogP contribution in [0.15, 0.2) is 24.4 Å². The average Bonchev–Trinajstić information content (AvgIpc) is 2.85. The van der Waals surface area contributed by atoms with Crippen molar-refractivity contribution in [2.24, 2.45) is 0 Å². The fourth-order valence-corrected chi connectivity index (χ4v) is 3.18. The number of hydrogen-bond donors (Lipinski definition) is 0. The molecule has 3 rings (SSSR count). The van der Waals surface area contributed by atoms with E-state index >= 15 is 0 Å². The molecule has 2 aromatic heterocycles. The van der Waals surface area contributed by atoms with Gasteiger partial charge in [0.25, 0.3) is 0 Å². The first kappa shape index (κ1) is 12.9. The molecule has 3 heterocycles. The van der Waals surface area contributed by atoms with E-state index in [0.717, 1.165) is 43.0 Å². The van der Waals surface area contributed by atoms with E-state index in [2.05, 4.69) is 44.4 Å². The fourth-order valence-electron chi connectivity index (χ4n) is 2.66. The summed E-state index contributed by atoms with van der Waals surface area (Å²) in [5.74, 6) is 1.10. The van der Waals surface area contributed by atoms with Crippen molar-refractivity contribution in [3.63, 3.8) is 0 Å². The van der Waals surface area contributed by atoms with Gasteiger partial charge in [0.1, 0.15) is 5.65 Å². The van der Waals surface area contributed by atoms with Crippen LogP contribution in [0, 0.1) is 0 Å². The van der Waals surface area contributed by atoms with Crippen LogP contribution < -0.4 is 4.90 Å². The second kappa shape index (κ2) is 5.51. The molecule has 2 aromatic rings. The Hall–Kier alpha value is -1.07. The minimum Gasteiger partial charge on any atom is -0.377 e. The average molecular weight is 324 g/mol. The minimum absolute atomic E-state index is 0.427. The highest BCUT2D eigenvalue weighted by atomic mass is 79.9. The van der Waals surface area contributed by atoms with E-state index in [4.69, 9.17) is 9.72 Å². The van der Waals surface area contributed by atoms with Gasteiger partial charge in [0.15, 0.2) is 5.82 Å². The van der Waals surface area contributed by atoms with Gasteiger partial charge in [-0.25, -0.2) is 4.98 Å². The van der Waals surface area contributed by atoms with Crippen LogP contribution in [0.2, 0.25) is 0 Å². The number of hydrogen-bond acceptors (Lipinski definition) is 3. The summed E-state index contributed by atoms with van der Waals surface area (Å²) in [6, 6.07) is 6.55. The van der Waals surface area contributed by atoms with Crippen molar-refractivity contribution < 1.29 is 4.74 Å². The summed E-state index contributed by atoms with van der Waals surface area (Å²) in [4.78, 5) is 7.20. The number of alkyl halides is 1. The highest BCUT2D eigenvalue weighted by molar-refractivity contribution is 9.08. The molecule has 1 unspecified atom stereocenters. The SMILES string of the molecule is CCC1COCCN1c1nc2ccccn2c1CBr. The number of halogens is 1. The lowest BCUT2D eigenvalue weighted by Gasteiger charge is -2.35. The maximum atomic E-state index is 5.58. The molecular weight excluding hydrogens is 306 g/mol. The Labute approximate surface area is 121 Å². The van der Waals surface area contributed by atoms with Crippen molar-refractivity contribution in [3.05, 3.63) is 30.1 Å². The van der Waals surface area contributed by atoms with Gasteiger partial charge in [-0.1, -0.05) is 28.9 Å². The molecule has 1 fully saturated rings. The van der Waals surface area contributed by atoms with Gasteiger partial charge < -0.3 is 14.0 Å². The molecule has 0 radical (unpaired) electrons. The van der Waals surface area contributed by atoms with Gasteiger partial charge in [0.2, 0.25) is 0 Å². The van der Waals surface area contributed by atoms with Crippen molar-refractivity contribution in [3.8, 4) is 0 Å². The van der Waals surface area contributed by atoms with Crippen molar-refractivity contribution >= 4 is 27.4 Å². The van der Waals surface area contributed by atoms with Crippen LogP contribution in [0.5, 0.6) is 0 Å². The van der Waals surface area contributed by atoms with Gasteiger partial charge in [-0.05, 0) is 18.6 Å². The molecule has 1 aliphatic heterocycles. The Balaban J connectivity index is 2.07. The zero-order valence-corrected chi connectivity index (χ0v) is 12.6. The summed E-state index contributed by atoms with van der Waals surface area (Å²) in [5, 5.41) is 0.807. The lowest BCUT2D eigenvalue weighted by Crippen LogP contribution is -2.45. The van der Waals surface area contributed by atoms with E-state index < -0.39 is 0 Å². The summed E-state index contributed by atoms with van der Waals surface area (Å²) in [5.41, 5.74) is 2.23. The molecule has 0 saturated carbocycles. The molecule has 0 N–H and O–H groups in total. The molecule has 1 saturated heterocycles. The van der Waals surface area contributed by atoms with E-state index in [-0.39, 0.29) is 0 Å². The van der Waals surface area contributed by atoms with Crippen molar-refractivity contribution in [2.45, 2.75) is 24.7 Å². The van der Waals surface area contributed by atoms with Crippen LogP contribution in [0.4, 0.5) is 5.82 Å². The van der Waals surface area contributed by atoms with E-state index in [9.17, 15) is 0 Å². The number of morpholine rings is 1. The summed E-state index contributed by atoms with van der Waals surface area (Å²) in [6.45, 7) is 4.70. The monoisotopic (exact) mass is 323 g/mol. The summed E-state index contributed by atoms with van der Waals surface area (Å²) in [7, 11) is 0. The number of aromatic nitrogens is 2. The summed E-state index contributed by atoms with van der Waals surface area (Å²) < 4.78 is 7.74. The number of anilines is 1. The van der Waals surface area contributed by atoms with Crippen LogP contribution in [0.25, 0.3) is 5.65 Å². The first-order valence-electron chi connectivity index (χ1n) is 6.71. The molecule has 0 amide bonds. The highest BCUT2D eigenvalue weighted by Crippen LogP contribution is 2.27. The molecule has 1 aliphatic rings. The fraction of sp³-hybridized carbons (Fsp3) is 0.500. The first-order valence-corrected chi connectivity index (χ1v) is 7.83. The number of pyridine rings is 1. The van der Waals surface area contributed by atoms with Crippen LogP contribution in [-0.2, 0) is 10.1 Å². The van der Waals surface area contributed by atoms with Crippen LogP contribution in [-0.4, -0.2) is 35.2 Å². The number of fused-ring (bicyclic) bond motifs is 1. The molecule has 0 aromatic carbocycles. The molecule has 1 atom stereocenters. The summed E-state index contributed by atoms with van der Waals surface area (Å²) in [6.07, 6.45) is 3.15. The van der Waals surface area contributed by atoms with Gasteiger partial charge in [-0.15, -0.1) is 0 Å². The van der Waals surface area contributed by atoms with Crippen molar-refractivity contribution in [1.82, 2.24) is 9.38 Å². The predicted octanol–water partition coefficient (Wildman–Crippen LogP) is 2.84. The van der Waals surface area contributed by atoms with Gasteiger partial charge >= 0.3 is 0 Å². The Morgan fingerprint density at radius 3 is 3.16 bits per heavy atom. The lowest BCUT2D eigenvalue weighted by atomic mass is 10.1. The van der Waals surface area contributed by atoms with E-state index in [1.165, 1.54) is 5.69 Å².